The number of aryl methyl sites for hydroxylation is 1. The molecule has 0 bridgehead atoms. The van der Waals surface area contributed by atoms with Crippen LogP contribution in [0.5, 0.6) is 0 Å². The summed E-state index contributed by atoms with van der Waals surface area (Å²) >= 11 is 0. The maximum atomic E-state index is 12.6. The molecule has 2 aromatic heterocycles. The van der Waals surface area contributed by atoms with Crippen LogP contribution in [-0.2, 0) is 0 Å². The summed E-state index contributed by atoms with van der Waals surface area (Å²) in [5.41, 5.74) is 2.60. The molecule has 0 radical (unpaired) electrons. The monoisotopic (exact) mass is 352 g/mol. The average molecular weight is 353 g/mol. The van der Waals surface area contributed by atoms with Crippen molar-refractivity contribution in [3.05, 3.63) is 23.0 Å². The molecule has 2 aromatic rings. The molecule has 0 saturated carbocycles. The SMILES string of the molecule is Cc1cc(C(=O)NCCC2CCNC2)c2c(C(C)C)noc2n1.Cl. The van der Waals surface area contributed by atoms with Gasteiger partial charge in [0.1, 0.15) is 0 Å². The summed E-state index contributed by atoms with van der Waals surface area (Å²) in [4.78, 5) is 17.0. The van der Waals surface area contributed by atoms with E-state index in [4.69, 9.17) is 4.52 Å². The van der Waals surface area contributed by atoms with Crippen molar-refractivity contribution in [1.29, 1.82) is 0 Å². The highest BCUT2D eigenvalue weighted by Crippen LogP contribution is 2.27. The van der Waals surface area contributed by atoms with Crippen molar-refractivity contribution < 1.29 is 9.32 Å². The van der Waals surface area contributed by atoms with Crippen LogP contribution in [-0.4, -0.2) is 35.7 Å². The number of rotatable bonds is 5. The zero-order valence-electron chi connectivity index (χ0n) is 14.4. The lowest BCUT2D eigenvalue weighted by Crippen LogP contribution is -2.27. The molecule has 0 spiro atoms. The molecule has 1 fully saturated rings. The first-order chi connectivity index (χ1) is 11.1. The first-order valence-corrected chi connectivity index (χ1v) is 8.32. The van der Waals surface area contributed by atoms with Gasteiger partial charge in [0.15, 0.2) is 0 Å². The third-order valence-corrected chi connectivity index (χ3v) is 4.39. The van der Waals surface area contributed by atoms with Crippen molar-refractivity contribution in [2.24, 2.45) is 5.92 Å². The predicted octanol–water partition coefficient (Wildman–Crippen LogP) is 2.81. The molecule has 7 heteroatoms. The van der Waals surface area contributed by atoms with E-state index >= 15 is 0 Å². The summed E-state index contributed by atoms with van der Waals surface area (Å²) in [7, 11) is 0. The summed E-state index contributed by atoms with van der Waals surface area (Å²) in [5.74, 6) is 0.768. The minimum absolute atomic E-state index is 0. The van der Waals surface area contributed by atoms with Crippen molar-refractivity contribution in [2.45, 2.75) is 39.5 Å². The number of carbonyl (C=O) groups excluding carboxylic acids is 1. The van der Waals surface area contributed by atoms with Gasteiger partial charge >= 0.3 is 0 Å². The van der Waals surface area contributed by atoms with E-state index in [0.717, 1.165) is 36.3 Å². The van der Waals surface area contributed by atoms with Gasteiger partial charge in [0.2, 0.25) is 0 Å². The molecule has 0 aliphatic carbocycles. The lowest BCUT2D eigenvalue weighted by Gasteiger charge is -2.11. The summed E-state index contributed by atoms with van der Waals surface area (Å²) in [6, 6.07) is 1.82. The molecule has 2 N–H and O–H groups in total. The topological polar surface area (TPSA) is 80.0 Å². The minimum Gasteiger partial charge on any atom is -0.352 e. The van der Waals surface area contributed by atoms with Crippen LogP contribution < -0.4 is 10.6 Å². The maximum absolute atomic E-state index is 12.6. The van der Waals surface area contributed by atoms with E-state index in [1.54, 1.807) is 0 Å². The highest BCUT2D eigenvalue weighted by atomic mass is 35.5. The maximum Gasteiger partial charge on any atom is 0.259 e. The third kappa shape index (κ3) is 3.87. The van der Waals surface area contributed by atoms with E-state index in [0.29, 0.717) is 23.7 Å². The second kappa shape index (κ2) is 7.94. The normalized spacial score (nSPS) is 17.2. The molecule has 1 aliphatic rings. The number of pyridine rings is 1. The van der Waals surface area contributed by atoms with Gasteiger partial charge in [-0.3, -0.25) is 4.79 Å². The lowest BCUT2D eigenvalue weighted by molar-refractivity contribution is 0.0953. The average Bonchev–Trinajstić information content (AvgIpc) is 3.15. The van der Waals surface area contributed by atoms with Gasteiger partial charge in [-0.25, -0.2) is 4.98 Å². The number of hydrogen-bond donors (Lipinski definition) is 2. The molecule has 1 atom stereocenters. The van der Waals surface area contributed by atoms with Crippen LogP contribution in [0, 0.1) is 12.8 Å². The first-order valence-electron chi connectivity index (χ1n) is 8.32. The van der Waals surface area contributed by atoms with Crippen LogP contribution in [0.1, 0.15) is 54.4 Å². The van der Waals surface area contributed by atoms with Crippen molar-refractivity contribution in [3.8, 4) is 0 Å². The van der Waals surface area contributed by atoms with Gasteiger partial charge in [-0.05, 0) is 50.8 Å². The predicted molar refractivity (Wildman–Crippen MR) is 95.8 cm³/mol. The van der Waals surface area contributed by atoms with E-state index in [1.165, 1.54) is 6.42 Å². The van der Waals surface area contributed by atoms with Gasteiger partial charge in [0, 0.05) is 12.2 Å². The Hall–Kier alpha value is -1.66. The van der Waals surface area contributed by atoms with Crippen LogP contribution in [0.25, 0.3) is 11.1 Å². The molecule has 1 aliphatic heterocycles. The number of fused-ring (bicyclic) bond motifs is 1. The van der Waals surface area contributed by atoms with Crippen LogP contribution in [0.15, 0.2) is 10.6 Å². The minimum atomic E-state index is -0.0726. The second-order valence-electron chi connectivity index (χ2n) is 6.62. The summed E-state index contributed by atoms with van der Waals surface area (Å²) < 4.78 is 5.32. The third-order valence-electron chi connectivity index (χ3n) is 4.39. The van der Waals surface area contributed by atoms with Crippen LogP contribution in [0.2, 0.25) is 0 Å². The van der Waals surface area contributed by atoms with Crippen LogP contribution in [0.4, 0.5) is 0 Å². The molecule has 1 unspecified atom stereocenters. The zero-order chi connectivity index (χ0) is 16.4. The Kier molecular flexibility index (Phi) is 6.18. The Morgan fingerprint density at radius 2 is 2.29 bits per heavy atom. The fourth-order valence-corrected chi connectivity index (χ4v) is 3.12. The molecular formula is C17H25ClN4O2. The first kappa shape index (κ1) is 18.7. The van der Waals surface area contributed by atoms with Gasteiger partial charge in [-0.2, -0.15) is 0 Å². The van der Waals surface area contributed by atoms with E-state index in [-0.39, 0.29) is 24.2 Å². The van der Waals surface area contributed by atoms with Gasteiger partial charge < -0.3 is 15.2 Å². The number of aromatic nitrogens is 2. The molecule has 24 heavy (non-hydrogen) atoms. The quantitative estimate of drug-likeness (QED) is 0.864. The summed E-state index contributed by atoms with van der Waals surface area (Å²) in [6.07, 6.45) is 2.20. The second-order valence-corrected chi connectivity index (χ2v) is 6.62. The molecule has 0 aromatic carbocycles. The molecule has 3 rings (SSSR count). The highest BCUT2D eigenvalue weighted by molar-refractivity contribution is 6.06. The summed E-state index contributed by atoms with van der Waals surface area (Å²) in [5, 5.41) is 11.2. The van der Waals surface area contributed by atoms with Gasteiger partial charge in [0.25, 0.3) is 11.6 Å². The van der Waals surface area contributed by atoms with Crippen molar-refractivity contribution in [3.63, 3.8) is 0 Å². The Morgan fingerprint density at radius 3 is 2.96 bits per heavy atom. The van der Waals surface area contributed by atoms with E-state index in [2.05, 4.69) is 20.8 Å². The Bertz CT molecular complexity index is 708. The number of nitrogens with zero attached hydrogens (tertiary/aromatic N) is 2. The standard InChI is InChI=1S/C17H24N4O2.ClH/c1-10(2)15-14-13(8-11(3)20-17(14)23-21-15)16(22)19-7-5-12-4-6-18-9-12;/h8,10,12,18H,4-7,9H2,1-3H3,(H,19,22);1H. The largest absolute Gasteiger partial charge is 0.352 e. The molecule has 1 saturated heterocycles. The Balaban J connectivity index is 0.00000208. The Labute approximate surface area is 148 Å². The number of carbonyl (C=O) groups is 1. The molecule has 132 valence electrons. The smallest absolute Gasteiger partial charge is 0.259 e. The number of hydrogen-bond acceptors (Lipinski definition) is 5. The van der Waals surface area contributed by atoms with Crippen LogP contribution in [0.3, 0.4) is 0 Å². The van der Waals surface area contributed by atoms with E-state index < -0.39 is 0 Å². The molecular weight excluding hydrogens is 328 g/mol. The van der Waals surface area contributed by atoms with Crippen molar-refractivity contribution in [2.75, 3.05) is 19.6 Å². The number of nitrogens with one attached hydrogen (secondary N) is 2. The number of halogens is 1. The Morgan fingerprint density at radius 1 is 1.50 bits per heavy atom. The van der Waals surface area contributed by atoms with Gasteiger partial charge in [0.05, 0.1) is 16.6 Å². The molecule has 3 heterocycles. The fraction of sp³-hybridized carbons (Fsp3) is 0.588. The van der Waals surface area contributed by atoms with E-state index in [9.17, 15) is 4.79 Å². The highest BCUT2D eigenvalue weighted by Gasteiger charge is 2.21. The van der Waals surface area contributed by atoms with E-state index in [1.807, 2.05) is 26.8 Å². The van der Waals surface area contributed by atoms with Gasteiger partial charge in [-0.1, -0.05) is 19.0 Å². The van der Waals surface area contributed by atoms with Gasteiger partial charge in [-0.15, -0.1) is 12.4 Å². The fourth-order valence-electron chi connectivity index (χ4n) is 3.12. The molecule has 1 amide bonds. The van der Waals surface area contributed by atoms with Crippen LogP contribution >= 0.6 is 12.4 Å². The molecule has 6 nitrogen and oxygen atoms in total. The summed E-state index contributed by atoms with van der Waals surface area (Å²) in [6.45, 7) is 8.75. The number of amides is 1. The van der Waals surface area contributed by atoms with Crippen molar-refractivity contribution in [1.82, 2.24) is 20.8 Å². The zero-order valence-corrected chi connectivity index (χ0v) is 15.2. The van der Waals surface area contributed by atoms with Crippen molar-refractivity contribution >= 4 is 29.4 Å². The lowest BCUT2D eigenvalue weighted by atomic mass is 10.0.